The van der Waals surface area contributed by atoms with Gasteiger partial charge in [0.25, 0.3) is 11.8 Å². The maximum atomic E-state index is 15.9. The number of nitrogens with one attached hydrogen (secondary N) is 1. The van der Waals surface area contributed by atoms with Crippen molar-refractivity contribution in [3.63, 3.8) is 0 Å². The molecular weight excluding hydrogens is 727 g/mol. The number of halogens is 1. The van der Waals surface area contributed by atoms with Crippen molar-refractivity contribution in [1.29, 1.82) is 0 Å². The average molecular weight is 775 g/mol. The fraction of sp³-hybridized carbons (Fsp3) is 0.867. The van der Waals surface area contributed by atoms with Gasteiger partial charge < -0.3 is 84.5 Å². The second kappa shape index (κ2) is 19.8. The van der Waals surface area contributed by atoms with Crippen LogP contribution < -0.4 is 5.32 Å². The van der Waals surface area contributed by atoms with Gasteiger partial charge in [-0.3, -0.25) is 14.4 Å². The standard InChI is InChI=1S/C30H47FN2O20/c31-19-27(52-30-26(46)24(44)21(41)13(10-35)50-30)22(42)14(11-48-29-25(45)23(43)20(40)12(9-34)49-29)51-28(19)47-8-7-32-15(36)3-1-2-4-18(39)53-33-16(37)5-6-17(33)38/h12-14,19-30,34-35,40-46H,1-11H2,(H,32,36)/t12-,13-,14-,19-,20-,21-,22-,23+,24+,25+,26+,27-,28+,29+,30-/m1/s1. The van der Waals surface area contributed by atoms with Gasteiger partial charge >= 0.3 is 5.97 Å². The van der Waals surface area contributed by atoms with E-state index in [-0.39, 0.29) is 51.7 Å². The van der Waals surface area contributed by atoms with Crippen molar-refractivity contribution < 1.29 is 103 Å². The molecule has 22 nitrogen and oxygen atoms in total. The van der Waals surface area contributed by atoms with Crippen molar-refractivity contribution in [2.24, 2.45) is 0 Å². The topological polar surface area (TPSA) is 330 Å². The fourth-order valence-electron chi connectivity index (χ4n) is 5.85. The van der Waals surface area contributed by atoms with E-state index >= 15 is 4.39 Å². The summed E-state index contributed by atoms with van der Waals surface area (Å²) >= 11 is 0. The van der Waals surface area contributed by atoms with Crippen LogP contribution in [-0.2, 0) is 52.4 Å². The molecule has 0 aliphatic carbocycles. The molecule has 0 aromatic heterocycles. The van der Waals surface area contributed by atoms with Gasteiger partial charge in [-0.2, -0.15) is 0 Å². The van der Waals surface area contributed by atoms with Crippen molar-refractivity contribution >= 4 is 23.7 Å². The van der Waals surface area contributed by atoms with Crippen LogP contribution in [0.5, 0.6) is 0 Å². The number of aliphatic hydroxyl groups is 9. The number of ether oxygens (including phenoxy) is 6. The number of nitrogens with zero attached hydrogens (tertiary/aromatic N) is 1. The smallest absolute Gasteiger partial charge is 0.333 e. The summed E-state index contributed by atoms with van der Waals surface area (Å²) in [6, 6.07) is 0. The van der Waals surface area contributed by atoms with Crippen molar-refractivity contribution in [3.05, 3.63) is 0 Å². The van der Waals surface area contributed by atoms with Crippen LogP contribution in [0, 0.1) is 0 Å². The molecule has 4 aliphatic heterocycles. The fourth-order valence-corrected chi connectivity index (χ4v) is 5.85. The number of carbonyl (C=O) groups excluding carboxylic acids is 4. The van der Waals surface area contributed by atoms with Crippen LogP contribution >= 0.6 is 0 Å². The van der Waals surface area contributed by atoms with E-state index in [1.54, 1.807) is 0 Å². The van der Waals surface area contributed by atoms with Crippen molar-refractivity contribution in [2.75, 3.05) is 33.0 Å². The molecule has 3 amide bonds. The van der Waals surface area contributed by atoms with Gasteiger partial charge in [0.15, 0.2) is 25.0 Å². The lowest BCUT2D eigenvalue weighted by Crippen LogP contribution is -2.64. The number of carbonyl (C=O) groups is 4. The number of hydroxylamine groups is 2. The Balaban J connectivity index is 1.30. The molecule has 4 fully saturated rings. The number of amides is 3. The van der Waals surface area contributed by atoms with Crippen LogP contribution in [0.25, 0.3) is 0 Å². The molecule has 4 aliphatic rings. The number of imide groups is 1. The number of unbranched alkanes of at least 4 members (excludes halogenated alkanes) is 1. The summed E-state index contributed by atoms with van der Waals surface area (Å²) in [5.41, 5.74) is 0. The highest BCUT2D eigenvalue weighted by atomic mass is 19.1. The van der Waals surface area contributed by atoms with Crippen LogP contribution in [0.3, 0.4) is 0 Å². The van der Waals surface area contributed by atoms with E-state index in [1.807, 2.05) is 0 Å². The van der Waals surface area contributed by atoms with Gasteiger partial charge in [0.2, 0.25) is 5.91 Å². The van der Waals surface area contributed by atoms with E-state index < -0.39 is 136 Å². The lowest BCUT2D eigenvalue weighted by Gasteiger charge is -2.46. The van der Waals surface area contributed by atoms with Crippen LogP contribution in [-0.4, -0.2) is 200 Å². The summed E-state index contributed by atoms with van der Waals surface area (Å²) in [6.45, 7) is -2.86. The van der Waals surface area contributed by atoms with E-state index in [9.17, 15) is 65.1 Å². The Bertz CT molecular complexity index is 1220. The largest absolute Gasteiger partial charge is 0.394 e. The summed E-state index contributed by atoms with van der Waals surface area (Å²) in [4.78, 5) is 52.0. The summed E-state index contributed by atoms with van der Waals surface area (Å²) in [5.74, 6) is -2.52. The van der Waals surface area contributed by atoms with E-state index in [4.69, 9.17) is 33.3 Å². The van der Waals surface area contributed by atoms with Gasteiger partial charge in [-0.15, -0.1) is 5.06 Å². The highest BCUT2D eigenvalue weighted by Gasteiger charge is 2.52. The summed E-state index contributed by atoms with van der Waals surface area (Å²) in [5, 5.41) is 94.0. The van der Waals surface area contributed by atoms with Gasteiger partial charge in [0, 0.05) is 32.2 Å². The predicted molar refractivity (Wildman–Crippen MR) is 163 cm³/mol. The maximum absolute atomic E-state index is 15.9. The van der Waals surface area contributed by atoms with Crippen LogP contribution in [0.2, 0.25) is 0 Å². The third-order valence-electron chi connectivity index (χ3n) is 8.95. The Morgan fingerprint density at radius 3 is 1.87 bits per heavy atom. The molecule has 23 heteroatoms. The maximum Gasteiger partial charge on any atom is 0.333 e. The molecule has 0 aromatic carbocycles. The number of alkyl halides is 1. The molecule has 10 N–H and O–H groups in total. The average Bonchev–Trinajstić information content (AvgIpc) is 3.45. The molecule has 0 unspecified atom stereocenters. The first-order valence-electron chi connectivity index (χ1n) is 17.0. The van der Waals surface area contributed by atoms with Gasteiger partial charge in [0.1, 0.15) is 67.1 Å². The number of hydrogen-bond donors (Lipinski definition) is 10. The van der Waals surface area contributed by atoms with Crippen molar-refractivity contribution in [2.45, 2.75) is 131 Å². The highest BCUT2D eigenvalue weighted by molar-refractivity contribution is 6.01. The Kier molecular flexibility index (Phi) is 16.1. The normalized spacial score (nSPS) is 39.3. The number of aliphatic hydroxyl groups excluding tert-OH is 9. The first-order chi connectivity index (χ1) is 25.2. The lowest BCUT2D eigenvalue weighted by atomic mass is 9.97. The molecule has 15 atom stereocenters. The molecule has 0 spiro atoms. The number of rotatable bonds is 17. The SMILES string of the molecule is O=C(CCCCC(=O)ON1C(=O)CCC1=O)NCCO[C@H]1O[C@H](CO[C@H]2O[C@H](CO)[C@@H](O)[C@H](O)[C@@H]2O)[C@@H](O)[C@H](O[C@H]2O[C@H](CO)[C@@H](O)[C@H](O)[C@@H]2O)[C@H]1F. The molecule has 4 saturated heterocycles. The van der Waals surface area contributed by atoms with Gasteiger partial charge in [-0.1, -0.05) is 0 Å². The minimum atomic E-state index is -2.34. The Morgan fingerprint density at radius 1 is 0.717 bits per heavy atom. The first kappa shape index (κ1) is 43.1. The van der Waals surface area contributed by atoms with Gasteiger partial charge in [0.05, 0.1) is 26.4 Å². The third-order valence-corrected chi connectivity index (χ3v) is 8.95. The van der Waals surface area contributed by atoms with Gasteiger partial charge in [-0.25, -0.2) is 9.18 Å². The Morgan fingerprint density at radius 2 is 1.26 bits per heavy atom. The Hall–Kier alpha value is -2.59. The molecule has 4 rings (SSSR count). The van der Waals surface area contributed by atoms with E-state index in [2.05, 4.69) is 5.32 Å². The zero-order valence-corrected chi connectivity index (χ0v) is 28.3. The second-order valence-electron chi connectivity index (χ2n) is 12.8. The molecular formula is C30H47FN2O20. The molecule has 0 aromatic rings. The van der Waals surface area contributed by atoms with Crippen molar-refractivity contribution in [3.8, 4) is 0 Å². The number of hydrogen-bond acceptors (Lipinski definition) is 20. The molecule has 304 valence electrons. The predicted octanol–water partition coefficient (Wildman–Crippen LogP) is -6.29. The molecule has 53 heavy (non-hydrogen) atoms. The van der Waals surface area contributed by atoms with E-state index in [0.29, 0.717) is 5.06 Å². The summed E-state index contributed by atoms with van der Waals surface area (Å²) < 4.78 is 48.4. The molecule has 4 heterocycles. The second-order valence-corrected chi connectivity index (χ2v) is 12.8. The summed E-state index contributed by atoms with van der Waals surface area (Å²) in [7, 11) is 0. The Labute approximate surface area is 300 Å². The monoisotopic (exact) mass is 774 g/mol. The zero-order valence-electron chi connectivity index (χ0n) is 28.3. The van der Waals surface area contributed by atoms with Crippen LogP contribution in [0.15, 0.2) is 0 Å². The first-order valence-corrected chi connectivity index (χ1v) is 17.0. The molecule has 0 saturated carbocycles. The minimum Gasteiger partial charge on any atom is -0.394 e. The van der Waals surface area contributed by atoms with Crippen LogP contribution in [0.4, 0.5) is 4.39 Å². The lowest BCUT2D eigenvalue weighted by molar-refractivity contribution is -0.359. The van der Waals surface area contributed by atoms with Crippen LogP contribution in [0.1, 0.15) is 38.5 Å². The highest BCUT2D eigenvalue weighted by Crippen LogP contribution is 2.32. The minimum absolute atomic E-state index is 0.0426. The third kappa shape index (κ3) is 10.8. The van der Waals surface area contributed by atoms with Gasteiger partial charge in [-0.05, 0) is 12.8 Å². The van der Waals surface area contributed by atoms with E-state index in [0.717, 1.165) is 0 Å². The van der Waals surface area contributed by atoms with Crippen molar-refractivity contribution in [1.82, 2.24) is 10.4 Å². The molecule has 0 radical (unpaired) electrons. The van der Waals surface area contributed by atoms with E-state index in [1.165, 1.54) is 0 Å². The quantitative estimate of drug-likeness (QED) is 0.0485. The zero-order chi connectivity index (χ0) is 39.0. The molecule has 0 bridgehead atoms. The summed E-state index contributed by atoms with van der Waals surface area (Å²) in [6.07, 6.45) is -26.8.